The van der Waals surface area contributed by atoms with Gasteiger partial charge in [-0.05, 0) is 30.7 Å². The lowest BCUT2D eigenvalue weighted by atomic mass is 9.98. The Bertz CT molecular complexity index is 682. The van der Waals surface area contributed by atoms with Crippen molar-refractivity contribution in [2.45, 2.75) is 24.5 Å². The molecular formula is C15H14N2O4S. The van der Waals surface area contributed by atoms with Crippen LogP contribution in [0, 0.1) is 22.5 Å². The van der Waals surface area contributed by atoms with Crippen molar-refractivity contribution < 1.29 is 14.5 Å². The molecule has 1 atom stereocenters. The SMILES string of the molecule is C#CCCCN1C(=O)SC(C)(c2cccc([N+](=O)[O-])c2)C1=O. The lowest BCUT2D eigenvalue weighted by Crippen LogP contribution is -2.36. The molecule has 0 bridgehead atoms. The molecule has 114 valence electrons. The zero-order valence-corrected chi connectivity index (χ0v) is 12.8. The predicted molar refractivity (Wildman–Crippen MR) is 83.2 cm³/mol. The number of carbonyl (C=O) groups is 2. The zero-order valence-electron chi connectivity index (χ0n) is 11.9. The molecule has 2 rings (SSSR count). The molecule has 6 nitrogen and oxygen atoms in total. The number of nitrogens with zero attached hydrogens (tertiary/aromatic N) is 2. The maximum Gasteiger partial charge on any atom is 0.289 e. The summed E-state index contributed by atoms with van der Waals surface area (Å²) in [4.78, 5) is 36.2. The average Bonchev–Trinajstić information content (AvgIpc) is 2.72. The highest BCUT2D eigenvalue weighted by Gasteiger charge is 2.50. The predicted octanol–water partition coefficient (Wildman–Crippen LogP) is 2.92. The molecule has 1 aliphatic heterocycles. The summed E-state index contributed by atoms with van der Waals surface area (Å²) in [6.45, 7) is 1.87. The lowest BCUT2D eigenvalue weighted by Gasteiger charge is -2.21. The fraction of sp³-hybridized carbons (Fsp3) is 0.333. The van der Waals surface area contributed by atoms with Crippen LogP contribution < -0.4 is 0 Å². The summed E-state index contributed by atoms with van der Waals surface area (Å²) in [7, 11) is 0. The Morgan fingerprint density at radius 2 is 2.18 bits per heavy atom. The molecule has 22 heavy (non-hydrogen) atoms. The summed E-state index contributed by atoms with van der Waals surface area (Å²) in [6, 6.07) is 5.82. The Kier molecular flexibility index (Phi) is 4.52. The average molecular weight is 318 g/mol. The summed E-state index contributed by atoms with van der Waals surface area (Å²) in [5, 5.41) is 10.5. The number of carbonyl (C=O) groups excluding carboxylic acids is 2. The van der Waals surface area contributed by atoms with Crippen molar-refractivity contribution in [3.8, 4) is 12.3 Å². The molecule has 0 radical (unpaired) electrons. The van der Waals surface area contributed by atoms with Gasteiger partial charge in [0.25, 0.3) is 16.8 Å². The van der Waals surface area contributed by atoms with Gasteiger partial charge in [-0.25, -0.2) is 0 Å². The van der Waals surface area contributed by atoms with E-state index in [2.05, 4.69) is 5.92 Å². The van der Waals surface area contributed by atoms with E-state index in [0.29, 0.717) is 18.4 Å². The van der Waals surface area contributed by atoms with E-state index in [1.54, 1.807) is 13.0 Å². The van der Waals surface area contributed by atoms with Crippen LogP contribution in [0.3, 0.4) is 0 Å². The van der Waals surface area contributed by atoms with Crippen molar-refractivity contribution in [1.82, 2.24) is 4.90 Å². The molecular weight excluding hydrogens is 304 g/mol. The first-order valence-corrected chi connectivity index (χ1v) is 7.45. The van der Waals surface area contributed by atoms with Gasteiger partial charge in [-0.15, -0.1) is 12.3 Å². The van der Waals surface area contributed by atoms with E-state index in [1.165, 1.54) is 23.1 Å². The van der Waals surface area contributed by atoms with Gasteiger partial charge in [-0.2, -0.15) is 0 Å². The second-order valence-corrected chi connectivity index (χ2v) is 6.34. The molecule has 7 heteroatoms. The normalized spacial score (nSPS) is 21.0. The minimum Gasteiger partial charge on any atom is -0.272 e. The number of benzene rings is 1. The summed E-state index contributed by atoms with van der Waals surface area (Å²) >= 11 is 0.879. The van der Waals surface area contributed by atoms with Gasteiger partial charge in [0.15, 0.2) is 0 Å². The molecule has 2 amide bonds. The maximum atomic E-state index is 12.6. The lowest BCUT2D eigenvalue weighted by molar-refractivity contribution is -0.384. The van der Waals surface area contributed by atoms with Crippen LogP contribution in [0.1, 0.15) is 25.3 Å². The summed E-state index contributed by atoms with van der Waals surface area (Å²) in [5.74, 6) is 2.10. The highest BCUT2D eigenvalue weighted by molar-refractivity contribution is 8.15. The van der Waals surface area contributed by atoms with E-state index in [-0.39, 0.29) is 23.4 Å². The van der Waals surface area contributed by atoms with E-state index >= 15 is 0 Å². The molecule has 0 saturated carbocycles. The van der Waals surface area contributed by atoms with Gasteiger partial charge in [-0.1, -0.05) is 12.1 Å². The summed E-state index contributed by atoms with van der Waals surface area (Å²) in [5.41, 5.74) is 0.342. The van der Waals surface area contributed by atoms with Gasteiger partial charge >= 0.3 is 0 Å². The van der Waals surface area contributed by atoms with Crippen molar-refractivity contribution in [1.29, 1.82) is 0 Å². The Balaban J connectivity index is 2.29. The van der Waals surface area contributed by atoms with Gasteiger partial charge in [0.05, 0.1) is 4.92 Å². The number of thioether (sulfide) groups is 1. The Labute approximate surface area is 132 Å². The minimum atomic E-state index is -1.14. The fourth-order valence-electron chi connectivity index (χ4n) is 2.24. The van der Waals surface area contributed by atoms with Gasteiger partial charge in [-0.3, -0.25) is 24.6 Å². The largest absolute Gasteiger partial charge is 0.289 e. The number of unbranched alkanes of at least 4 members (excludes halogenated alkanes) is 1. The molecule has 1 aliphatic rings. The zero-order chi connectivity index (χ0) is 16.3. The van der Waals surface area contributed by atoms with Gasteiger partial charge in [0.2, 0.25) is 0 Å². The number of imide groups is 1. The van der Waals surface area contributed by atoms with Gasteiger partial charge < -0.3 is 0 Å². The standard InChI is InChI=1S/C15H14N2O4S/c1-3-4-5-9-16-13(18)15(2,22-14(16)19)11-7-6-8-12(10-11)17(20)21/h1,6-8,10H,4-5,9H2,2H3. The Hall–Kier alpha value is -2.33. The molecule has 1 aromatic rings. The summed E-state index contributed by atoms with van der Waals surface area (Å²) < 4.78 is -1.14. The van der Waals surface area contributed by atoms with Gasteiger partial charge in [0.1, 0.15) is 4.75 Å². The highest BCUT2D eigenvalue weighted by atomic mass is 32.2. The second-order valence-electron chi connectivity index (χ2n) is 4.97. The number of hydrogen-bond acceptors (Lipinski definition) is 5. The molecule has 1 unspecified atom stereocenters. The van der Waals surface area contributed by atoms with Crippen LogP contribution in [0.4, 0.5) is 10.5 Å². The van der Waals surface area contributed by atoms with Crippen LogP contribution >= 0.6 is 11.8 Å². The van der Waals surface area contributed by atoms with Crippen LogP contribution in [0.25, 0.3) is 0 Å². The fourth-order valence-corrected chi connectivity index (χ4v) is 3.32. The van der Waals surface area contributed by atoms with E-state index in [4.69, 9.17) is 6.42 Å². The highest BCUT2D eigenvalue weighted by Crippen LogP contribution is 2.45. The van der Waals surface area contributed by atoms with Crippen LogP contribution in [0.2, 0.25) is 0 Å². The van der Waals surface area contributed by atoms with Crippen LogP contribution in [0.15, 0.2) is 24.3 Å². The van der Waals surface area contributed by atoms with Crippen molar-refractivity contribution in [3.05, 3.63) is 39.9 Å². The van der Waals surface area contributed by atoms with Crippen molar-refractivity contribution >= 4 is 28.6 Å². The molecule has 0 spiro atoms. The monoisotopic (exact) mass is 318 g/mol. The van der Waals surface area contributed by atoms with Gasteiger partial charge in [0, 0.05) is 25.1 Å². The van der Waals surface area contributed by atoms with Crippen molar-refractivity contribution in [2.75, 3.05) is 6.54 Å². The minimum absolute atomic E-state index is 0.106. The quantitative estimate of drug-likeness (QED) is 0.361. The van der Waals surface area contributed by atoms with Crippen LogP contribution in [-0.2, 0) is 9.54 Å². The number of nitro groups is 1. The number of amides is 2. The van der Waals surface area contributed by atoms with E-state index in [1.807, 2.05) is 0 Å². The van der Waals surface area contributed by atoms with E-state index < -0.39 is 9.67 Å². The smallest absolute Gasteiger partial charge is 0.272 e. The first-order valence-electron chi connectivity index (χ1n) is 6.63. The summed E-state index contributed by atoms with van der Waals surface area (Å²) in [6.07, 6.45) is 6.19. The van der Waals surface area contributed by atoms with Crippen LogP contribution in [-0.4, -0.2) is 27.5 Å². The van der Waals surface area contributed by atoms with E-state index in [9.17, 15) is 19.7 Å². The first kappa shape index (κ1) is 16.0. The molecule has 1 heterocycles. The number of terminal acetylenes is 1. The number of non-ortho nitro benzene ring substituents is 1. The molecule has 0 aromatic heterocycles. The topological polar surface area (TPSA) is 80.5 Å². The third-order valence-electron chi connectivity index (χ3n) is 3.48. The van der Waals surface area contributed by atoms with Crippen molar-refractivity contribution in [2.24, 2.45) is 0 Å². The number of hydrogen-bond donors (Lipinski definition) is 0. The second kappa shape index (κ2) is 6.20. The van der Waals surface area contributed by atoms with E-state index in [0.717, 1.165) is 11.8 Å². The molecule has 0 N–H and O–H groups in total. The molecule has 1 saturated heterocycles. The Morgan fingerprint density at radius 1 is 1.45 bits per heavy atom. The first-order chi connectivity index (χ1) is 10.4. The number of rotatable bonds is 5. The van der Waals surface area contributed by atoms with Crippen molar-refractivity contribution in [3.63, 3.8) is 0 Å². The molecule has 1 fully saturated rings. The third kappa shape index (κ3) is 2.83. The number of nitro benzene ring substituents is 1. The molecule has 0 aliphatic carbocycles. The molecule has 1 aromatic carbocycles. The van der Waals surface area contributed by atoms with Crippen LogP contribution in [0.5, 0.6) is 0 Å². The maximum absolute atomic E-state index is 12.6. The Morgan fingerprint density at radius 3 is 2.82 bits per heavy atom. The third-order valence-corrected chi connectivity index (χ3v) is 4.69.